The Hall–Kier alpha value is -1.92. The fourth-order valence-electron chi connectivity index (χ4n) is 1.73. The maximum Gasteiger partial charge on any atom is 0.353 e. The second-order valence-corrected chi connectivity index (χ2v) is 4.15. The van der Waals surface area contributed by atoms with Crippen molar-refractivity contribution in [2.45, 2.75) is 6.17 Å². The van der Waals surface area contributed by atoms with Crippen LogP contribution in [0.2, 0.25) is 0 Å². The van der Waals surface area contributed by atoms with Gasteiger partial charge in [0.1, 0.15) is 0 Å². The number of nitrogens with zero attached hydrogens (tertiary/aromatic N) is 3. The van der Waals surface area contributed by atoms with Crippen molar-refractivity contribution in [1.29, 1.82) is 0 Å². The highest BCUT2D eigenvalue weighted by atomic mass is 35.5. The lowest BCUT2D eigenvalue weighted by Crippen LogP contribution is -2.34. The van der Waals surface area contributed by atoms with Crippen LogP contribution < -0.4 is 0 Å². The van der Waals surface area contributed by atoms with Crippen molar-refractivity contribution in [3.05, 3.63) is 35.9 Å². The van der Waals surface area contributed by atoms with E-state index in [1.165, 1.54) is 7.11 Å². The number of hydroxylamine groups is 2. The van der Waals surface area contributed by atoms with E-state index in [1.54, 1.807) is 6.21 Å². The van der Waals surface area contributed by atoms with Gasteiger partial charge in [-0.05, 0) is 17.2 Å². The van der Waals surface area contributed by atoms with Gasteiger partial charge in [-0.2, -0.15) is 5.06 Å². The smallest absolute Gasteiger partial charge is 0.271 e. The third-order valence-electron chi connectivity index (χ3n) is 2.64. The molecule has 2 rings (SSSR count). The van der Waals surface area contributed by atoms with Crippen molar-refractivity contribution in [3.8, 4) is 0 Å². The van der Waals surface area contributed by atoms with Gasteiger partial charge in [0.2, 0.25) is 0 Å². The Balaban J connectivity index is 2.14. The molecule has 19 heavy (non-hydrogen) atoms. The van der Waals surface area contributed by atoms with E-state index in [4.69, 9.17) is 16.4 Å². The van der Waals surface area contributed by atoms with Crippen molar-refractivity contribution >= 4 is 29.2 Å². The number of halogens is 1. The van der Waals surface area contributed by atoms with E-state index < -0.39 is 17.6 Å². The maximum absolute atomic E-state index is 11.7. The standard InChI is InChI=1S/C12H12ClN3O3/c1-19-16-10(8-15(11(13)17)12(16)18)14-7-9-5-3-2-4-6-9/h2-7,10H,8H2,1H3. The Bertz CT molecular complexity index is 506. The Morgan fingerprint density at radius 2 is 2.16 bits per heavy atom. The first-order valence-corrected chi connectivity index (χ1v) is 5.94. The fraction of sp³-hybridized carbons (Fsp3) is 0.250. The first kappa shape index (κ1) is 13.5. The number of hydrogen-bond donors (Lipinski definition) is 0. The monoisotopic (exact) mass is 281 g/mol. The molecule has 1 unspecified atom stereocenters. The molecular weight excluding hydrogens is 270 g/mol. The number of urea groups is 1. The molecule has 1 atom stereocenters. The van der Waals surface area contributed by atoms with Crippen LogP contribution in [0.4, 0.5) is 9.59 Å². The Morgan fingerprint density at radius 1 is 1.47 bits per heavy atom. The predicted octanol–water partition coefficient (Wildman–Crippen LogP) is 2.09. The van der Waals surface area contributed by atoms with Crippen LogP contribution >= 0.6 is 11.6 Å². The van der Waals surface area contributed by atoms with E-state index in [9.17, 15) is 9.59 Å². The summed E-state index contributed by atoms with van der Waals surface area (Å²) in [4.78, 5) is 32.8. The first-order valence-electron chi connectivity index (χ1n) is 5.56. The number of imide groups is 1. The van der Waals surface area contributed by atoms with Crippen LogP contribution in [0.1, 0.15) is 5.56 Å². The molecule has 0 spiro atoms. The van der Waals surface area contributed by atoms with E-state index in [0.717, 1.165) is 15.5 Å². The van der Waals surface area contributed by atoms with Gasteiger partial charge >= 0.3 is 11.4 Å². The molecule has 1 aromatic carbocycles. The Labute approximate surface area is 115 Å². The van der Waals surface area contributed by atoms with Crippen molar-refractivity contribution in [2.24, 2.45) is 4.99 Å². The van der Waals surface area contributed by atoms with Crippen LogP contribution in [0, 0.1) is 0 Å². The van der Waals surface area contributed by atoms with Crippen molar-refractivity contribution in [2.75, 3.05) is 13.7 Å². The van der Waals surface area contributed by atoms with E-state index in [1.807, 2.05) is 30.3 Å². The lowest BCUT2D eigenvalue weighted by Gasteiger charge is -2.15. The van der Waals surface area contributed by atoms with Gasteiger partial charge in [0.25, 0.3) is 0 Å². The molecule has 0 saturated carbocycles. The molecule has 0 radical (unpaired) electrons. The van der Waals surface area contributed by atoms with Gasteiger partial charge in [-0.15, -0.1) is 0 Å². The second-order valence-electron chi connectivity index (χ2n) is 3.82. The molecule has 1 heterocycles. The third kappa shape index (κ3) is 2.91. The summed E-state index contributed by atoms with van der Waals surface area (Å²) < 4.78 is 0. The van der Waals surface area contributed by atoms with Crippen molar-refractivity contribution < 1.29 is 14.4 Å². The number of benzene rings is 1. The number of aliphatic imine (C=N–C) groups is 1. The first-order chi connectivity index (χ1) is 9.13. The molecule has 7 heteroatoms. The largest absolute Gasteiger partial charge is 0.353 e. The van der Waals surface area contributed by atoms with E-state index in [0.29, 0.717) is 0 Å². The summed E-state index contributed by atoms with van der Waals surface area (Å²) in [6.45, 7) is 0.0678. The fourth-order valence-corrected chi connectivity index (χ4v) is 1.87. The summed E-state index contributed by atoms with van der Waals surface area (Å²) in [6, 6.07) is 8.79. The van der Waals surface area contributed by atoms with Crippen LogP contribution in [0.3, 0.4) is 0 Å². The lowest BCUT2D eigenvalue weighted by molar-refractivity contribution is -0.0971. The average molecular weight is 282 g/mol. The molecular formula is C12H12ClN3O3. The van der Waals surface area contributed by atoms with Crippen LogP contribution in [-0.2, 0) is 4.84 Å². The Morgan fingerprint density at radius 3 is 2.74 bits per heavy atom. The molecule has 3 amide bonds. The van der Waals surface area contributed by atoms with Gasteiger partial charge < -0.3 is 0 Å². The highest BCUT2D eigenvalue weighted by Gasteiger charge is 2.40. The molecule has 6 nitrogen and oxygen atoms in total. The summed E-state index contributed by atoms with van der Waals surface area (Å²) in [5.74, 6) is 0. The molecule has 1 fully saturated rings. The van der Waals surface area contributed by atoms with Crippen LogP contribution in [0.25, 0.3) is 0 Å². The SMILES string of the molecule is CON1C(=O)N(C(=O)Cl)CC1N=Cc1ccccc1. The summed E-state index contributed by atoms with van der Waals surface area (Å²) in [6.07, 6.45) is 1.02. The summed E-state index contributed by atoms with van der Waals surface area (Å²) in [5, 5.41) is 0.171. The molecule has 1 aliphatic rings. The number of hydrogen-bond acceptors (Lipinski definition) is 4. The topological polar surface area (TPSA) is 62.2 Å². The maximum atomic E-state index is 11.7. The van der Waals surface area contributed by atoms with Crippen LogP contribution in [0.15, 0.2) is 35.3 Å². The third-order valence-corrected chi connectivity index (χ3v) is 2.84. The van der Waals surface area contributed by atoms with Gasteiger partial charge in [-0.3, -0.25) is 14.6 Å². The minimum Gasteiger partial charge on any atom is -0.271 e. The van der Waals surface area contributed by atoms with E-state index >= 15 is 0 Å². The van der Waals surface area contributed by atoms with Gasteiger partial charge in [0.15, 0.2) is 6.17 Å². The van der Waals surface area contributed by atoms with Gasteiger partial charge in [0.05, 0.1) is 13.7 Å². The predicted molar refractivity (Wildman–Crippen MR) is 70.0 cm³/mol. The van der Waals surface area contributed by atoms with Crippen molar-refractivity contribution in [1.82, 2.24) is 9.96 Å². The zero-order chi connectivity index (χ0) is 13.8. The number of carbonyl (C=O) groups is 2. The molecule has 1 aliphatic heterocycles. The zero-order valence-corrected chi connectivity index (χ0v) is 10.9. The minimum absolute atomic E-state index is 0.0678. The molecule has 1 aromatic rings. The Kier molecular flexibility index (Phi) is 4.13. The van der Waals surface area contributed by atoms with Gasteiger partial charge in [-0.1, -0.05) is 30.3 Å². The molecule has 1 saturated heterocycles. The summed E-state index contributed by atoms with van der Waals surface area (Å²) in [5.41, 5.74) is 0.890. The van der Waals surface area contributed by atoms with Gasteiger partial charge in [0, 0.05) is 6.21 Å². The summed E-state index contributed by atoms with van der Waals surface area (Å²) in [7, 11) is 1.34. The van der Waals surface area contributed by atoms with Crippen LogP contribution in [0.5, 0.6) is 0 Å². The number of rotatable bonds is 3. The highest BCUT2D eigenvalue weighted by Crippen LogP contribution is 2.18. The normalized spacial score (nSPS) is 19.5. The number of carbonyl (C=O) groups excluding carboxylic acids is 2. The molecule has 0 aliphatic carbocycles. The zero-order valence-electron chi connectivity index (χ0n) is 10.2. The average Bonchev–Trinajstić information content (AvgIpc) is 2.74. The highest BCUT2D eigenvalue weighted by molar-refractivity contribution is 6.64. The van der Waals surface area contributed by atoms with Crippen molar-refractivity contribution in [3.63, 3.8) is 0 Å². The van der Waals surface area contributed by atoms with E-state index in [2.05, 4.69) is 4.99 Å². The molecule has 100 valence electrons. The lowest BCUT2D eigenvalue weighted by atomic mass is 10.2. The molecule has 0 N–H and O–H groups in total. The summed E-state index contributed by atoms with van der Waals surface area (Å²) >= 11 is 5.32. The minimum atomic E-state index is -0.843. The van der Waals surface area contributed by atoms with Crippen LogP contribution in [-0.4, -0.2) is 47.4 Å². The second kappa shape index (κ2) is 5.81. The van der Waals surface area contributed by atoms with E-state index in [-0.39, 0.29) is 6.54 Å². The van der Waals surface area contributed by atoms with Gasteiger partial charge in [-0.25, -0.2) is 9.69 Å². The number of amides is 3. The molecule has 0 aromatic heterocycles. The molecule has 0 bridgehead atoms. The quantitative estimate of drug-likeness (QED) is 0.484.